The van der Waals surface area contributed by atoms with E-state index < -0.39 is 0 Å². The molecule has 0 fully saturated rings. The summed E-state index contributed by atoms with van der Waals surface area (Å²) < 4.78 is 1.85. The molecule has 0 unspecified atom stereocenters. The molecule has 132 valence electrons. The summed E-state index contributed by atoms with van der Waals surface area (Å²) in [5.74, 6) is 0.00860. The van der Waals surface area contributed by atoms with Crippen LogP contribution >= 0.6 is 0 Å². The Morgan fingerprint density at radius 1 is 0.704 bits per heavy atom. The van der Waals surface area contributed by atoms with Crippen LogP contribution in [0, 0.1) is 6.92 Å². The van der Waals surface area contributed by atoms with E-state index in [1.165, 1.54) is 0 Å². The highest BCUT2D eigenvalue weighted by molar-refractivity contribution is 5.96. The molecule has 1 aromatic heterocycles. The Labute approximate surface area is 159 Å². The number of carbonyl (C=O) groups is 1. The van der Waals surface area contributed by atoms with Gasteiger partial charge in [0.2, 0.25) is 5.91 Å². The molecule has 0 radical (unpaired) electrons. The minimum Gasteiger partial charge on any atom is -0.279 e. The fourth-order valence-corrected chi connectivity index (χ4v) is 3.61. The second kappa shape index (κ2) is 7.08. The number of carbonyl (C=O) groups excluding carboxylic acids is 1. The molecule has 0 aliphatic rings. The van der Waals surface area contributed by atoms with Crippen LogP contribution in [0.4, 0.5) is 0 Å². The molecule has 0 amide bonds. The van der Waals surface area contributed by atoms with Crippen LogP contribution < -0.4 is 0 Å². The topological polar surface area (TPSA) is 22.0 Å². The first-order chi connectivity index (χ1) is 13.2. The molecule has 0 saturated heterocycles. The number of hydrogen-bond donors (Lipinski definition) is 0. The predicted molar refractivity (Wildman–Crippen MR) is 112 cm³/mol. The number of hydrogen-bond acceptors (Lipinski definition) is 1. The number of nitrogens with zero attached hydrogens (tertiary/aromatic N) is 1. The molecule has 1 heterocycles. The van der Waals surface area contributed by atoms with Gasteiger partial charge in [-0.25, -0.2) is 0 Å². The molecular formula is C25H21NO. The highest BCUT2D eigenvalue weighted by Gasteiger charge is 2.21. The first kappa shape index (κ1) is 17.0. The van der Waals surface area contributed by atoms with Gasteiger partial charge < -0.3 is 0 Å². The van der Waals surface area contributed by atoms with Gasteiger partial charge >= 0.3 is 0 Å². The lowest BCUT2D eigenvalue weighted by molar-refractivity contribution is 0.0940. The Morgan fingerprint density at radius 3 is 1.85 bits per heavy atom. The van der Waals surface area contributed by atoms with Gasteiger partial charge in [-0.3, -0.25) is 9.36 Å². The zero-order valence-corrected chi connectivity index (χ0v) is 15.5. The van der Waals surface area contributed by atoms with E-state index >= 15 is 0 Å². The Balaban J connectivity index is 2.09. The van der Waals surface area contributed by atoms with Crippen molar-refractivity contribution in [3.05, 3.63) is 96.6 Å². The summed E-state index contributed by atoms with van der Waals surface area (Å²) in [6.07, 6.45) is 0. The first-order valence-corrected chi connectivity index (χ1v) is 9.10. The summed E-state index contributed by atoms with van der Waals surface area (Å²) >= 11 is 0. The van der Waals surface area contributed by atoms with E-state index in [0.29, 0.717) is 0 Å². The van der Waals surface area contributed by atoms with Crippen molar-refractivity contribution in [1.29, 1.82) is 0 Å². The molecular weight excluding hydrogens is 330 g/mol. The molecule has 0 spiro atoms. The predicted octanol–water partition coefficient (Wildman–Crippen LogP) is 6.46. The molecule has 27 heavy (non-hydrogen) atoms. The quantitative estimate of drug-likeness (QED) is 0.415. The standard InChI is InChI=1S/C25H21NO/c1-18-11-9-10-16-22(18)24-17-23(20-12-5-3-6-13-20)25(26(24)19(2)27)21-14-7-4-8-15-21/h3-17H,1-2H3. The maximum absolute atomic E-state index is 12.8. The highest BCUT2D eigenvalue weighted by atomic mass is 16.1. The van der Waals surface area contributed by atoms with Gasteiger partial charge in [-0.1, -0.05) is 84.9 Å². The van der Waals surface area contributed by atoms with Crippen molar-refractivity contribution in [1.82, 2.24) is 4.57 Å². The minimum absolute atomic E-state index is 0.00860. The summed E-state index contributed by atoms with van der Waals surface area (Å²) in [4.78, 5) is 12.8. The lowest BCUT2D eigenvalue weighted by atomic mass is 10.0. The monoisotopic (exact) mass is 351 g/mol. The van der Waals surface area contributed by atoms with Crippen molar-refractivity contribution in [2.24, 2.45) is 0 Å². The summed E-state index contributed by atoms with van der Waals surface area (Å²) in [6.45, 7) is 3.71. The maximum Gasteiger partial charge on any atom is 0.228 e. The van der Waals surface area contributed by atoms with Crippen LogP contribution in [0.5, 0.6) is 0 Å². The number of aromatic nitrogens is 1. The largest absolute Gasteiger partial charge is 0.279 e. The third-order valence-electron chi connectivity index (χ3n) is 4.87. The van der Waals surface area contributed by atoms with Gasteiger partial charge in [-0.05, 0) is 29.7 Å². The summed E-state index contributed by atoms with van der Waals surface area (Å²) in [7, 11) is 0. The Kier molecular flexibility index (Phi) is 4.47. The lowest BCUT2D eigenvalue weighted by Crippen LogP contribution is -2.09. The summed E-state index contributed by atoms with van der Waals surface area (Å²) in [5.41, 5.74) is 7.29. The van der Waals surface area contributed by atoms with Gasteiger partial charge in [0.15, 0.2) is 0 Å². The van der Waals surface area contributed by atoms with E-state index in [0.717, 1.165) is 39.2 Å². The molecule has 0 atom stereocenters. The molecule has 4 rings (SSSR count). The van der Waals surface area contributed by atoms with Gasteiger partial charge in [-0.15, -0.1) is 0 Å². The normalized spacial score (nSPS) is 10.7. The zero-order valence-electron chi connectivity index (χ0n) is 15.5. The van der Waals surface area contributed by atoms with E-state index in [-0.39, 0.29) is 5.91 Å². The van der Waals surface area contributed by atoms with Crippen molar-refractivity contribution < 1.29 is 4.79 Å². The highest BCUT2D eigenvalue weighted by Crippen LogP contribution is 2.39. The van der Waals surface area contributed by atoms with E-state index in [1.807, 2.05) is 53.1 Å². The van der Waals surface area contributed by atoms with E-state index in [2.05, 4.69) is 49.4 Å². The lowest BCUT2D eigenvalue weighted by Gasteiger charge is -2.13. The van der Waals surface area contributed by atoms with Crippen LogP contribution in [-0.2, 0) is 0 Å². The second-order valence-electron chi connectivity index (χ2n) is 6.69. The van der Waals surface area contributed by atoms with Crippen LogP contribution in [0.25, 0.3) is 33.6 Å². The van der Waals surface area contributed by atoms with Crippen LogP contribution in [0.15, 0.2) is 91.0 Å². The molecule has 4 aromatic rings. The molecule has 3 aromatic carbocycles. The molecule has 0 N–H and O–H groups in total. The summed E-state index contributed by atoms with van der Waals surface area (Å²) in [6, 6.07) is 30.7. The fourth-order valence-electron chi connectivity index (χ4n) is 3.61. The van der Waals surface area contributed by atoms with Crippen molar-refractivity contribution in [3.8, 4) is 33.6 Å². The van der Waals surface area contributed by atoms with Gasteiger partial charge in [0.1, 0.15) is 0 Å². The Bertz CT molecular complexity index is 1090. The van der Waals surface area contributed by atoms with Crippen molar-refractivity contribution >= 4 is 5.91 Å². The number of benzene rings is 3. The second-order valence-corrected chi connectivity index (χ2v) is 6.69. The average molecular weight is 351 g/mol. The van der Waals surface area contributed by atoms with Crippen molar-refractivity contribution in [3.63, 3.8) is 0 Å². The Morgan fingerprint density at radius 2 is 1.26 bits per heavy atom. The minimum atomic E-state index is 0.00860. The van der Waals surface area contributed by atoms with E-state index in [9.17, 15) is 4.79 Å². The fraction of sp³-hybridized carbons (Fsp3) is 0.0800. The average Bonchev–Trinajstić information content (AvgIpc) is 3.10. The van der Waals surface area contributed by atoms with Crippen molar-refractivity contribution in [2.45, 2.75) is 13.8 Å². The van der Waals surface area contributed by atoms with E-state index in [4.69, 9.17) is 0 Å². The molecule has 2 nitrogen and oxygen atoms in total. The molecule has 0 bridgehead atoms. The Hall–Kier alpha value is -3.39. The SMILES string of the molecule is CC(=O)n1c(-c2ccccc2C)cc(-c2ccccc2)c1-c1ccccc1. The van der Waals surface area contributed by atoms with Crippen LogP contribution in [0.3, 0.4) is 0 Å². The van der Waals surface area contributed by atoms with Crippen LogP contribution in [-0.4, -0.2) is 10.5 Å². The van der Waals surface area contributed by atoms with E-state index in [1.54, 1.807) is 6.92 Å². The maximum atomic E-state index is 12.8. The molecule has 0 aliphatic carbocycles. The van der Waals surface area contributed by atoms with Gasteiger partial charge in [-0.2, -0.15) is 0 Å². The smallest absolute Gasteiger partial charge is 0.228 e. The first-order valence-electron chi connectivity index (χ1n) is 9.10. The third kappa shape index (κ3) is 3.11. The zero-order chi connectivity index (χ0) is 18.8. The molecule has 0 saturated carbocycles. The van der Waals surface area contributed by atoms with Gasteiger partial charge in [0.05, 0.1) is 11.4 Å². The van der Waals surface area contributed by atoms with Gasteiger partial charge in [0.25, 0.3) is 0 Å². The summed E-state index contributed by atoms with van der Waals surface area (Å²) in [5, 5.41) is 0. The van der Waals surface area contributed by atoms with Crippen molar-refractivity contribution in [2.75, 3.05) is 0 Å². The van der Waals surface area contributed by atoms with Crippen LogP contribution in [0.2, 0.25) is 0 Å². The molecule has 0 aliphatic heterocycles. The van der Waals surface area contributed by atoms with Crippen LogP contribution in [0.1, 0.15) is 17.3 Å². The molecule has 2 heteroatoms. The number of aryl methyl sites for hydroxylation is 1. The van der Waals surface area contributed by atoms with Gasteiger partial charge in [0, 0.05) is 18.1 Å². The third-order valence-corrected chi connectivity index (χ3v) is 4.87. The number of rotatable bonds is 3.